The van der Waals surface area contributed by atoms with E-state index in [2.05, 4.69) is 10.7 Å². The molecule has 0 aromatic heterocycles. The van der Waals surface area contributed by atoms with Crippen LogP contribution in [0.25, 0.3) is 6.08 Å². The van der Waals surface area contributed by atoms with Crippen LogP contribution < -0.4 is 21.3 Å². The average molecular weight is 369 g/mol. The maximum Gasteiger partial charge on any atom is 0.407 e. The van der Waals surface area contributed by atoms with Crippen molar-refractivity contribution >= 4 is 18.1 Å². The lowest BCUT2D eigenvalue weighted by Crippen LogP contribution is -2.30. The van der Waals surface area contributed by atoms with E-state index in [0.29, 0.717) is 29.8 Å². The van der Waals surface area contributed by atoms with Gasteiger partial charge in [-0.15, -0.1) is 0 Å². The Morgan fingerprint density at radius 1 is 1.15 bits per heavy atom. The third kappa shape index (κ3) is 6.48. The van der Waals surface area contributed by atoms with Gasteiger partial charge in [-0.25, -0.2) is 10.6 Å². The van der Waals surface area contributed by atoms with Crippen molar-refractivity contribution in [1.82, 2.24) is 10.7 Å². The third-order valence-corrected chi connectivity index (χ3v) is 3.73. The molecule has 0 saturated heterocycles. The van der Waals surface area contributed by atoms with Crippen molar-refractivity contribution in [2.75, 3.05) is 13.7 Å². The van der Waals surface area contributed by atoms with Crippen molar-refractivity contribution in [3.05, 3.63) is 71.3 Å². The summed E-state index contributed by atoms with van der Waals surface area (Å²) in [7, 11) is 1.53. The zero-order valence-corrected chi connectivity index (χ0v) is 15.1. The van der Waals surface area contributed by atoms with Crippen LogP contribution in [0.5, 0.6) is 5.75 Å². The smallest absolute Gasteiger partial charge is 0.407 e. The maximum atomic E-state index is 11.9. The number of hydrogen-bond acceptors (Lipinski definition) is 5. The average Bonchev–Trinajstić information content (AvgIpc) is 2.72. The molecule has 0 unspecified atom stereocenters. The van der Waals surface area contributed by atoms with Gasteiger partial charge in [0.25, 0.3) is 5.91 Å². The standard InChI is InChI=1S/C20H23N3O4/c1-26-17-11-10-16(18(13-17)19(24)23-21)9-5-6-12-22-20(25)27-14-15-7-3-2-4-8-15/h2-5,7-11,13H,6,12,14,21H2,1H3,(H,22,25)(H,23,24). The van der Waals surface area contributed by atoms with Gasteiger partial charge in [0.15, 0.2) is 0 Å². The fourth-order valence-electron chi connectivity index (χ4n) is 2.32. The lowest BCUT2D eigenvalue weighted by Gasteiger charge is -2.08. The quantitative estimate of drug-likeness (QED) is 0.287. The molecule has 0 aliphatic carbocycles. The molecule has 2 rings (SSSR count). The Bertz CT molecular complexity index is 791. The van der Waals surface area contributed by atoms with Crippen molar-refractivity contribution in [3.63, 3.8) is 0 Å². The van der Waals surface area contributed by atoms with E-state index in [9.17, 15) is 9.59 Å². The molecule has 27 heavy (non-hydrogen) atoms. The van der Waals surface area contributed by atoms with E-state index >= 15 is 0 Å². The summed E-state index contributed by atoms with van der Waals surface area (Å²) >= 11 is 0. The number of methoxy groups -OCH3 is 1. The Labute approximate surface area is 158 Å². The van der Waals surface area contributed by atoms with Gasteiger partial charge in [0.1, 0.15) is 12.4 Å². The first-order chi connectivity index (χ1) is 13.1. The third-order valence-electron chi connectivity index (χ3n) is 3.73. The molecule has 0 aliphatic rings. The highest BCUT2D eigenvalue weighted by Crippen LogP contribution is 2.19. The fourth-order valence-corrected chi connectivity index (χ4v) is 2.32. The molecule has 0 spiro atoms. The predicted octanol–water partition coefficient (Wildman–Crippen LogP) is 2.63. The van der Waals surface area contributed by atoms with E-state index in [0.717, 1.165) is 5.56 Å². The molecule has 0 radical (unpaired) electrons. The van der Waals surface area contributed by atoms with Crippen LogP contribution >= 0.6 is 0 Å². The summed E-state index contributed by atoms with van der Waals surface area (Å²) in [5, 5.41) is 2.67. The number of rotatable bonds is 8. The minimum absolute atomic E-state index is 0.228. The number of nitrogens with one attached hydrogen (secondary N) is 2. The van der Waals surface area contributed by atoms with Gasteiger partial charge in [0, 0.05) is 6.54 Å². The topological polar surface area (TPSA) is 103 Å². The molecule has 7 nitrogen and oxygen atoms in total. The Kier molecular flexibility index (Phi) is 7.87. The number of ether oxygens (including phenoxy) is 2. The van der Waals surface area contributed by atoms with Crippen LogP contribution in [-0.2, 0) is 11.3 Å². The van der Waals surface area contributed by atoms with Crippen molar-refractivity contribution in [1.29, 1.82) is 0 Å². The number of hydrogen-bond donors (Lipinski definition) is 3. The van der Waals surface area contributed by atoms with Crippen LogP contribution in [-0.4, -0.2) is 25.7 Å². The van der Waals surface area contributed by atoms with Gasteiger partial charge in [0.2, 0.25) is 0 Å². The van der Waals surface area contributed by atoms with Gasteiger partial charge in [-0.3, -0.25) is 10.2 Å². The number of alkyl carbamates (subject to hydrolysis) is 1. The molecule has 0 heterocycles. The van der Waals surface area contributed by atoms with Crippen LogP contribution in [0.4, 0.5) is 4.79 Å². The van der Waals surface area contributed by atoms with Gasteiger partial charge in [-0.05, 0) is 29.7 Å². The molecule has 4 N–H and O–H groups in total. The molecular weight excluding hydrogens is 346 g/mol. The van der Waals surface area contributed by atoms with Crippen LogP contribution in [0.15, 0.2) is 54.6 Å². The Morgan fingerprint density at radius 3 is 2.63 bits per heavy atom. The molecule has 2 amide bonds. The van der Waals surface area contributed by atoms with E-state index < -0.39 is 12.0 Å². The number of carbonyl (C=O) groups excluding carboxylic acids is 2. The first-order valence-corrected chi connectivity index (χ1v) is 8.44. The van der Waals surface area contributed by atoms with Gasteiger partial charge >= 0.3 is 6.09 Å². The fraction of sp³-hybridized carbons (Fsp3) is 0.200. The maximum absolute atomic E-state index is 11.9. The number of nitrogens with two attached hydrogens (primary N) is 1. The van der Waals surface area contributed by atoms with E-state index in [1.165, 1.54) is 7.11 Å². The lowest BCUT2D eigenvalue weighted by atomic mass is 10.1. The molecule has 0 bridgehead atoms. The number of carbonyl (C=O) groups is 2. The largest absolute Gasteiger partial charge is 0.497 e. The zero-order valence-electron chi connectivity index (χ0n) is 15.1. The zero-order chi connectivity index (χ0) is 19.5. The lowest BCUT2D eigenvalue weighted by molar-refractivity contribution is 0.0953. The van der Waals surface area contributed by atoms with E-state index in [4.69, 9.17) is 15.3 Å². The second-order valence-electron chi connectivity index (χ2n) is 5.61. The highest BCUT2D eigenvalue weighted by molar-refractivity contribution is 5.97. The number of amides is 2. The molecule has 2 aromatic rings. The number of nitrogen functional groups attached to an aromatic ring is 1. The Morgan fingerprint density at radius 2 is 1.93 bits per heavy atom. The molecule has 7 heteroatoms. The SMILES string of the molecule is COc1ccc(C=CCCNC(=O)OCc2ccccc2)c(C(=O)NN)c1. The van der Waals surface area contributed by atoms with Gasteiger partial charge in [-0.1, -0.05) is 48.6 Å². The summed E-state index contributed by atoms with van der Waals surface area (Å²) in [6.07, 6.45) is 3.75. The van der Waals surface area contributed by atoms with E-state index in [-0.39, 0.29) is 6.61 Å². The van der Waals surface area contributed by atoms with Crippen LogP contribution in [0, 0.1) is 0 Å². The monoisotopic (exact) mass is 369 g/mol. The van der Waals surface area contributed by atoms with Crippen LogP contribution in [0.3, 0.4) is 0 Å². The Hall–Kier alpha value is -3.32. The highest BCUT2D eigenvalue weighted by atomic mass is 16.5. The van der Waals surface area contributed by atoms with Crippen molar-refractivity contribution in [2.45, 2.75) is 13.0 Å². The second kappa shape index (κ2) is 10.6. The normalized spacial score (nSPS) is 10.4. The molecule has 142 valence electrons. The molecule has 0 saturated carbocycles. The van der Waals surface area contributed by atoms with Gasteiger partial charge < -0.3 is 14.8 Å². The molecular formula is C20H23N3O4. The summed E-state index contributed by atoms with van der Waals surface area (Å²) in [4.78, 5) is 23.5. The summed E-state index contributed by atoms with van der Waals surface area (Å²) in [6, 6.07) is 14.6. The summed E-state index contributed by atoms with van der Waals surface area (Å²) in [6.45, 7) is 0.643. The van der Waals surface area contributed by atoms with Crippen molar-refractivity contribution < 1.29 is 19.1 Å². The predicted molar refractivity (Wildman–Crippen MR) is 103 cm³/mol. The molecule has 0 fully saturated rings. The summed E-state index contributed by atoms with van der Waals surface area (Å²) < 4.78 is 10.3. The highest BCUT2D eigenvalue weighted by Gasteiger charge is 2.09. The summed E-state index contributed by atoms with van der Waals surface area (Å²) in [5.74, 6) is 5.38. The van der Waals surface area contributed by atoms with Crippen LogP contribution in [0.2, 0.25) is 0 Å². The van der Waals surface area contributed by atoms with E-state index in [1.54, 1.807) is 24.3 Å². The first kappa shape index (κ1) is 20.0. The molecule has 0 aliphatic heterocycles. The van der Waals surface area contributed by atoms with Gasteiger partial charge in [0.05, 0.1) is 12.7 Å². The van der Waals surface area contributed by atoms with Crippen molar-refractivity contribution in [2.24, 2.45) is 5.84 Å². The number of hydrazine groups is 1. The minimum atomic E-state index is -0.472. The minimum Gasteiger partial charge on any atom is -0.497 e. The van der Waals surface area contributed by atoms with Crippen LogP contribution in [0.1, 0.15) is 27.9 Å². The molecule has 0 atom stereocenters. The first-order valence-electron chi connectivity index (χ1n) is 8.44. The summed E-state index contributed by atoms with van der Waals surface area (Å²) in [5.41, 5.74) is 4.15. The second-order valence-corrected chi connectivity index (χ2v) is 5.61. The Balaban J connectivity index is 1.80. The van der Waals surface area contributed by atoms with Gasteiger partial charge in [-0.2, -0.15) is 0 Å². The van der Waals surface area contributed by atoms with Crippen molar-refractivity contribution in [3.8, 4) is 5.75 Å². The van der Waals surface area contributed by atoms with E-state index in [1.807, 2.05) is 36.4 Å². The molecule has 2 aromatic carbocycles. The number of benzene rings is 2.